The Kier molecular flexibility index (Phi) is 6.24. The van der Waals surface area contributed by atoms with Gasteiger partial charge in [-0.3, -0.25) is 4.79 Å². The van der Waals surface area contributed by atoms with Gasteiger partial charge in [0.2, 0.25) is 5.91 Å². The molecule has 6 nitrogen and oxygen atoms in total. The van der Waals surface area contributed by atoms with Crippen LogP contribution in [0, 0.1) is 17.0 Å². The minimum Gasteiger partial charge on any atom is -0.471 e. The van der Waals surface area contributed by atoms with Gasteiger partial charge in [-0.2, -0.15) is 0 Å². The third kappa shape index (κ3) is 4.96. The lowest BCUT2D eigenvalue weighted by molar-refractivity contribution is -0.123. The van der Waals surface area contributed by atoms with Gasteiger partial charge in [0.15, 0.2) is 5.94 Å². The smallest absolute Gasteiger partial charge is 0.275 e. The highest BCUT2D eigenvalue weighted by molar-refractivity contribution is 5.86. The standard InChI is InChI=1S/C24H29F2N3O3/c1-15-4-5-18(23(31)27-15)22-19(25)10-17(11-20(22)26)29-12-16(13-29)28-21(14-30)32-9-3-6-24(2)7-8-24/h10-11,16,18,28H,1,3-9,12-13H2,2H3,(H,27,31). The quantitative estimate of drug-likeness (QED) is 0.346. The maximum Gasteiger partial charge on any atom is 0.275 e. The molecule has 1 aliphatic carbocycles. The normalized spacial score (nSPS) is 22.0. The molecule has 0 spiro atoms. The molecular weight excluding hydrogens is 416 g/mol. The first kappa shape index (κ1) is 22.3. The number of piperidine rings is 1. The topological polar surface area (TPSA) is 70.7 Å². The Bertz CT molecular complexity index is 940. The first-order valence-electron chi connectivity index (χ1n) is 11.1. The molecule has 3 aliphatic rings. The number of nitrogens with zero attached hydrogens (tertiary/aromatic N) is 1. The molecule has 0 bridgehead atoms. The molecule has 1 aromatic rings. The lowest BCUT2D eigenvalue weighted by atomic mass is 9.88. The number of carbonyl (C=O) groups excluding carboxylic acids is 2. The summed E-state index contributed by atoms with van der Waals surface area (Å²) in [4.78, 5) is 25.1. The molecular formula is C24H29F2N3O3. The molecule has 2 heterocycles. The lowest BCUT2D eigenvalue weighted by Crippen LogP contribution is -2.58. The third-order valence-electron chi connectivity index (χ3n) is 6.71. The fourth-order valence-electron chi connectivity index (χ4n) is 4.34. The fraction of sp³-hybridized carbons (Fsp3) is 0.542. The maximum absolute atomic E-state index is 14.7. The Morgan fingerprint density at radius 2 is 2.03 bits per heavy atom. The van der Waals surface area contributed by atoms with Crippen molar-refractivity contribution in [3.8, 4) is 0 Å². The molecule has 2 saturated heterocycles. The first-order chi connectivity index (χ1) is 15.3. The van der Waals surface area contributed by atoms with Gasteiger partial charge in [-0.25, -0.2) is 13.6 Å². The summed E-state index contributed by atoms with van der Waals surface area (Å²) in [6, 6.07) is 2.45. The monoisotopic (exact) mass is 445 g/mol. The fourth-order valence-corrected chi connectivity index (χ4v) is 4.34. The number of ether oxygens (including phenoxy) is 1. The Morgan fingerprint density at radius 1 is 1.34 bits per heavy atom. The molecule has 32 heavy (non-hydrogen) atoms. The van der Waals surface area contributed by atoms with Gasteiger partial charge in [0.1, 0.15) is 11.6 Å². The van der Waals surface area contributed by atoms with Crippen LogP contribution in [0.25, 0.3) is 0 Å². The van der Waals surface area contributed by atoms with Gasteiger partial charge >= 0.3 is 0 Å². The number of benzene rings is 1. The van der Waals surface area contributed by atoms with Crippen molar-refractivity contribution in [2.75, 3.05) is 24.6 Å². The molecule has 0 aromatic heterocycles. The van der Waals surface area contributed by atoms with Gasteiger partial charge in [-0.1, -0.05) is 13.5 Å². The third-order valence-corrected chi connectivity index (χ3v) is 6.71. The first-order valence-corrected chi connectivity index (χ1v) is 11.1. The average Bonchev–Trinajstić information content (AvgIpc) is 3.44. The van der Waals surface area contributed by atoms with Crippen molar-refractivity contribution in [3.63, 3.8) is 0 Å². The van der Waals surface area contributed by atoms with E-state index in [1.165, 1.54) is 25.0 Å². The van der Waals surface area contributed by atoms with Crippen molar-refractivity contribution in [1.29, 1.82) is 0 Å². The van der Waals surface area contributed by atoms with Crippen LogP contribution >= 0.6 is 0 Å². The summed E-state index contributed by atoms with van der Waals surface area (Å²) in [5, 5.41) is 5.57. The number of allylic oxidation sites excluding steroid dienone is 1. The van der Waals surface area contributed by atoms with Crippen LogP contribution in [0.5, 0.6) is 0 Å². The molecule has 1 atom stereocenters. The minimum absolute atomic E-state index is 0.0756. The van der Waals surface area contributed by atoms with E-state index in [9.17, 15) is 18.4 Å². The van der Waals surface area contributed by atoms with Crippen molar-refractivity contribution in [1.82, 2.24) is 10.6 Å². The maximum atomic E-state index is 14.7. The number of nitrogens with one attached hydrogen (secondary N) is 2. The van der Waals surface area contributed by atoms with Gasteiger partial charge in [0.05, 0.1) is 18.6 Å². The molecule has 1 amide bonds. The summed E-state index contributed by atoms with van der Waals surface area (Å²) in [5.74, 6) is -0.888. The highest BCUT2D eigenvalue weighted by Crippen LogP contribution is 2.48. The predicted octanol–water partition coefficient (Wildman–Crippen LogP) is 3.52. The minimum atomic E-state index is -0.861. The van der Waals surface area contributed by atoms with Crippen LogP contribution in [-0.2, 0) is 14.3 Å². The predicted molar refractivity (Wildman–Crippen MR) is 116 cm³/mol. The number of amides is 1. The highest BCUT2D eigenvalue weighted by Gasteiger charge is 2.36. The zero-order chi connectivity index (χ0) is 22.9. The second kappa shape index (κ2) is 8.94. The van der Waals surface area contributed by atoms with Gasteiger partial charge in [0, 0.05) is 30.0 Å². The number of carbonyl (C=O) groups is 1. The Hall–Kier alpha value is -2.86. The van der Waals surface area contributed by atoms with Crippen molar-refractivity contribution in [2.45, 2.75) is 57.4 Å². The summed E-state index contributed by atoms with van der Waals surface area (Å²) in [5.41, 5.74) is 1.21. The summed E-state index contributed by atoms with van der Waals surface area (Å²) in [6.07, 6.45) is 5.30. The summed E-state index contributed by atoms with van der Waals surface area (Å²) < 4.78 is 35.0. The molecule has 2 N–H and O–H groups in total. The molecule has 0 radical (unpaired) electrons. The molecule has 1 saturated carbocycles. The van der Waals surface area contributed by atoms with Crippen molar-refractivity contribution in [2.24, 2.45) is 5.41 Å². The van der Waals surface area contributed by atoms with Crippen molar-refractivity contribution >= 4 is 17.5 Å². The Balaban J connectivity index is 1.29. The van der Waals surface area contributed by atoms with Gasteiger partial charge in [-0.05, 0) is 56.1 Å². The van der Waals surface area contributed by atoms with Crippen LogP contribution < -0.4 is 15.5 Å². The summed E-state index contributed by atoms with van der Waals surface area (Å²) >= 11 is 0. The van der Waals surface area contributed by atoms with Crippen LogP contribution in [0.15, 0.2) is 30.3 Å². The SMILES string of the molecule is C=C1CCC(c2c(F)cc(N3CC(NC(=C=O)OCCCC4(C)CC4)C3)cc2F)C(=O)N1. The summed E-state index contributed by atoms with van der Waals surface area (Å²) in [7, 11) is 0. The van der Waals surface area contributed by atoms with E-state index >= 15 is 0 Å². The zero-order valence-electron chi connectivity index (χ0n) is 18.3. The van der Waals surface area contributed by atoms with E-state index in [4.69, 9.17) is 4.74 Å². The number of hydrogen-bond donors (Lipinski definition) is 2. The van der Waals surface area contributed by atoms with Gasteiger partial charge < -0.3 is 20.3 Å². The number of halogens is 2. The second-order valence-corrected chi connectivity index (χ2v) is 9.45. The number of anilines is 1. The Labute approximate surface area is 186 Å². The largest absolute Gasteiger partial charge is 0.471 e. The molecule has 1 unspecified atom stereocenters. The van der Waals surface area contributed by atoms with Crippen LogP contribution in [0.3, 0.4) is 0 Å². The van der Waals surface area contributed by atoms with Crippen LogP contribution in [0.4, 0.5) is 14.5 Å². The number of rotatable bonds is 9. The average molecular weight is 446 g/mol. The van der Waals surface area contributed by atoms with Crippen molar-refractivity contribution in [3.05, 3.63) is 47.5 Å². The molecule has 1 aromatic carbocycles. The van der Waals surface area contributed by atoms with Crippen molar-refractivity contribution < 1.29 is 23.1 Å². The van der Waals surface area contributed by atoms with E-state index in [1.54, 1.807) is 10.8 Å². The molecule has 2 aliphatic heterocycles. The number of hydrogen-bond acceptors (Lipinski definition) is 5. The molecule has 3 fully saturated rings. The van der Waals surface area contributed by atoms with E-state index < -0.39 is 23.5 Å². The zero-order valence-corrected chi connectivity index (χ0v) is 18.3. The van der Waals surface area contributed by atoms with Crippen LogP contribution in [0.1, 0.15) is 56.9 Å². The summed E-state index contributed by atoms with van der Waals surface area (Å²) in [6.45, 7) is 7.34. The lowest BCUT2D eigenvalue weighted by Gasteiger charge is -2.41. The van der Waals surface area contributed by atoms with E-state index in [0.29, 0.717) is 49.3 Å². The molecule has 4 rings (SSSR count). The van der Waals surface area contributed by atoms with Gasteiger partial charge in [-0.15, -0.1) is 0 Å². The molecule has 172 valence electrons. The van der Waals surface area contributed by atoms with Gasteiger partial charge in [0.25, 0.3) is 5.88 Å². The van der Waals surface area contributed by atoms with E-state index in [-0.39, 0.29) is 17.5 Å². The van der Waals surface area contributed by atoms with Crippen LogP contribution in [0.2, 0.25) is 0 Å². The second-order valence-electron chi connectivity index (χ2n) is 9.45. The van der Waals surface area contributed by atoms with E-state index in [1.807, 2.05) is 0 Å². The van der Waals surface area contributed by atoms with E-state index in [2.05, 4.69) is 24.1 Å². The van der Waals surface area contributed by atoms with E-state index in [0.717, 1.165) is 12.8 Å². The molecule has 8 heteroatoms. The van der Waals surface area contributed by atoms with Crippen LogP contribution in [-0.4, -0.2) is 37.6 Å². The highest BCUT2D eigenvalue weighted by atomic mass is 19.1. The Morgan fingerprint density at radius 3 is 2.62 bits per heavy atom.